The molecule has 7 heteroatoms. The zero-order valence-corrected chi connectivity index (χ0v) is 16.1. The summed E-state index contributed by atoms with van der Waals surface area (Å²) in [6.07, 6.45) is 2.03. The molecule has 140 valence electrons. The fourth-order valence-electron chi connectivity index (χ4n) is 3.44. The van der Waals surface area contributed by atoms with Gasteiger partial charge in [-0.25, -0.2) is 22.7 Å². The van der Waals surface area contributed by atoms with Crippen LogP contribution in [0.5, 0.6) is 0 Å². The standard InChI is InChI=1S/C20H22N4O2S/c1-27(25,26)24-13-7-12-23(14-15-24)20-19(16-8-3-2-4-9-16)21-17-10-5-6-11-18(17)22-20/h2-6,8-11H,7,12-15H2,1H3. The highest BCUT2D eigenvalue weighted by atomic mass is 32.2. The van der Waals surface area contributed by atoms with Crippen molar-refractivity contribution in [3.8, 4) is 11.3 Å². The Labute approximate surface area is 159 Å². The Morgan fingerprint density at radius 1 is 0.815 bits per heavy atom. The monoisotopic (exact) mass is 382 g/mol. The van der Waals surface area contributed by atoms with E-state index in [2.05, 4.69) is 4.90 Å². The number of sulfonamides is 1. The Kier molecular flexibility index (Phi) is 4.80. The van der Waals surface area contributed by atoms with Gasteiger partial charge in [-0.15, -0.1) is 0 Å². The largest absolute Gasteiger partial charge is 0.353 e. The molecule has 2 heterocycles. The summed E-state index contributed by atoms with van der Waals surface area (Å²) in [5.74, 6) is 0.815. The minimum atomic E-state index is -3.18. The summed E-state index contributed by atoms with van der Waals surface area (Å²) in [5, 5.41) is 0. The van der Waals surface area contributed by atoms with Crippen LogP contribution in [0.2, 0.25) is 0 Å². The third kappa shape index (κ3) is 3.79. The van der Waals surface area contributed by atoms with Crippen LogP contribution in [0.3, 0.4) is 0 Å². The van der Waals surface area contributed by atoms with E-state index in [0.29, 0.717) is 19.6 Å². The van der Waals surface area contributed by atoms with E-state index >= 15 is 0 Å². The lowest BCUT2D eigenvalue weighted by Crippen LogP contribution is -2.34. The molecule has 0 bridgehead atoms. The van der Waals surface area contributed by atoms with Crippen molar-refractivity contribution < 1.29 is 8.42 Å². The number of benzene rings is 2. The molecule has 0 atom stereocenters. The van der Waals surface area contributed by atoms with Crippen molar-refractivity contribution in [3.63, 3.8) is 0 Å². The van der Waals surface area contributed by atoms with Crippen LogP contribution in [0.15, 0.2) is 54.6 Å². The number of hydrogen-bond donors (Lipinski definition) is 0. The maximum atomic E-state index is 11.9. The topological polar surface area (TPSA) is 66.4 Å². The molecule has 1 aliphatic heterocycles. The second-order valence-electron chi connectivity index (χ2n) is 6.75. The molecule has 0 aliphatic carbocycles. The van der Waals surface area contributed by atoms with Gasteiger partial charge in [0, 0.05) is 31.7 Å². The van der Waals surface area contributed by atoms with Gasteiger partial charge in [-0.3, -0.25) is 0 Å². The van der Waals surface area contributed by atoms with Gasteiger partial charge in [-0.1, -0.05) is 42.5 Å². The van der Waals surface area contributed by atoms with Crippen LogP contribution in [-0.4, -0.2) is 55.1 Å². The van der Waals surface area contributed by atoms with Crippen molar-refractivity contribution in [2.45, 2.75) is 6.42 Å². The lowest BCUT2D eigenvalue weighted by Gasteiger charge is -2.24. The van der Waals surface area contributed by atoms with Crippen molar-refractivity contribution in [3.05, 3.63) is 54.6 Å². The zero-order valence-electron chi connectivity index (χ0n) is 15.2. The minimum absolute atomic E-state index is 0.460. The third-order valence-electron chi connectivity index (χ3n) is 4.82. The van der Waals surface area contributed by atoms with Crippen molar-refractivity contribution >= 4 is 26.9 Å². The number of rotatable bonds is 3. The van der Waals surface area contributed by atoms with Crippen LogP contribution >= 0.6 is 0 Å². The first-order valence-electron chi connectivity index (χ1n) is 9.05. The minimum Gasteiger partial charge on any atom is -0.353 e. The fourth-order valence-corrected chi connectivity index (χ4v) is 4.31. The van der Waals surface area contributed by atoms with E-state index in [4.69, 9.17) is 9.97 Å². The highest BCUT2D eigenvalue weighted by molar-refractivity contribution is 7.88. The van der Waals surface area contributed by atoms with Crippen molar-refractivity contribution in [2.75, 3.05) is 37.3 Å². The average molecular weight is 382 g/mol. The van der Waals surface area contributed by atoms with Gasteiger partial charge < -0.3 is 4.90 Å². The summed E-state index contributed by atoms with van der Waals surface area (Å²) in [6, 6.07) is 17.9. The molecule has 4 rings (SSSR count). The predicted octanol–water partition coefficient (Wildman–Crippen LogP) is 2.77. The molecule has 6 nitrogen and oxygen atoms in total. The van der Waals surface area contributed by atoms with E-state index in [1.165, 1.54) is 6.26 Å². The number of fused-ring (bicyclic) bond motifs is 1. The van der Waals surface area contributed by atoms with Crippen molar-refractivity contribution in [2.24, 2.45) is 0 Å². The van der Waals surface area contributed by atoms with Crippen LogP contribution in [0.4, 0.5) is 5.82 Å². The van der Waals surface area contributed by atoms with Crippen LogP contribution in [0, 0.1) is 0 Å². The maximum absolute atomic E-state index is 11.9. The van der Waals surface area contributed by atoms with E-state index in [1.54, 1.807) is 4.31 Å². The fraction of sp³-hybridized carbons (Fsp3) is 0.300. The smallest absolute Gasteiger partial charge is 0.211 e. The number of aromatic nitrogens is 2. The molecule has 0 unspecified atom stereocenters. The second-order valence-corrected chi connectivity index (χ2v) is 8.74. The van der Waals surface area contributed by atoms with E-state index in [9.17, 15) is 8.42 Å². The van der Waals surface area contributed by atoms with Gasteiger partial charge >= 0.3 is 0 Å². The summed E-state index contributed by atoms with van der Waals surface area (Å²) in [4.78, 5) is 11.9. The van der Waals surface area contributed by atoms with Crippen molar-refractivity contribution in [1.29, 1.82) is 0 Å². The average Bonchev–Trinajstić information content (AvgIpc) is 2.94. The Morgan fingerprint density at radius 3 is 2.19 bits per heavy atom. The van der Waals surface area contributed by atoms with Crippen LogP contribution in [0.25, 0.3) is 22.3 Å². The summed E-state index contributed by atoms with van der Waals surface area (Å²) in [5.41, 5.74) is 3.54. The molecule has 0 saturated carbocycles. The van der Waals surface area contributed by atoms with E-state index in [0.717, 1.165) is 41.1 Å². The first kappa shape index (κ1) is 17.9. The van der Waals surface area contributed by atoms with Crippen LogP contribution in [0.1, 0.15) is 6.42 Å². The highest BCUT2D eigenvalue weighted by Crippen LogP contribution is 2.30. The molecule has 0 radical (unpaired) electrons. The first-order chi connectivity index (χ1) is 13.0. The molecule has 0 spiro atoms. The Morgan fingerprint density at radius 2 is 1.48 bits per heavy atom. The van der Waals surface area contributed by atoms with Gasteiger partial charge in [0.15, 0.2) is 5.82 Å². The number of hydrogen-bond acceptors (Lipinski definition) is 5. The summed E-state index contributed by atoms with van der Waals surface area (Å²) < 4.78 is 25.4. The quantitative estimate of drug-likeness (QED) is 0.697. The van der Waals surface area contributed by atoms with Crippen molar-refractivity contribution in [1.82, 2.24) is 14.3 Å². The van der Waals surface area contributed by atoms with Gasteiger partial charge in [0.2, 0.25) is 10.0 Å². The third-order valence-corrected chi connectivity index (χ3v) is 6.13. The molecule has 1 saturated heterocycles. The molecule has 1 fully saturated rings. The molecular weight excluding hydrogens is 360 g/mol. The van der Waals surface area contributed by atoms with Crippen LogP contribution in [-0.2, 0) is 10.0 Å². The van der Waals surface area contributed by atoms with Gasteiger partial charge in [0.05, 0.1) is 17.3 Å². The summed E-state index contributed by atoms with van der Waals surface area (Å²) >= 11 is 0. The van der Waals surface area contributed by atoms with E-state index in [-0.39, 0.29) is 0 Å². The first-order valence-corrected chi connectivity index (χ1v) is 10.9. The Balaban J connectivity index is 1.78. The Bertz CT molecular complexity index is 1050. The van der Waals surface area contributed by atoms with Gasteiger partial charge in [0.25, 0.3) is 0 Å². The normalized spacial score (nSPS) is 16.4. The maximum Gasteiger partial charge on any atom is 0.211 e. The predicted molar refractivity (Wildman–Crippen MR) is 108 cm³/mol. The van der Waals surface area contributed by atoms with Gasteiger partial charge in [0.1, 0.15) is 5.69 Å². The molecule has 2 aromatic carbocycles. The second kappa shape index (κ2) is 7.25. The molecule has 3 aromatic rings. The molecule has 1 aromatic heterocycles. The Hall–Kier alpha value is -2.51. The van der Waals surface area contributed by atoms with Gasteiger partial charge in [-0.2, -0.15) is 0 Å². The molecule has 0 N–H and O–H groups in total. The summed E-state index contributed by atoms with van der Waals surface area (Å²) in [6.45, 7) is 2.34. The van der Waals surface area contributed by atoms with E-state index < -0.39 is 10.0 Å². The number of nitrogens with zero attached hydrogens (tertiary/aromatic N) is 4. The SMILES string of the molecule is CS(=O)(=O)N1CCCN(c2nc3ccccc3nc2-c2ccccc2)CC1. The molecule has 0 amide bonds. The van der Waals surface area contributed by atoms with Gasteiger partial charge in [-0.05, 0) is 18.6 Å². The van der Waals surface area contributed by atoms with E-state index in [1.807, 2.05) is 54.6 Å². The number of anilines is 1. The number of para-hydroxylation sites is 2. The lowest BCUT2D eigenvalue weighted by atomic mass is 10.1. The molecular formula is C20H22N4O2S. The lowest BCUT2D eigenvalue weighted by molar-refractivity contribution is 0.437. The molecule has 1 aliphatic rings. The highest BCUT2D eigenvalue weighted by Gasteiger charge is 2.24. The molecule has 27 heavy (non-hydrogen) atoms. The van der Waals surface area contributed by atoms with Crippen LogP contribution < -0.4 is 4.90 Å². The zero-order chi connectivity index (χ0) is 18.9. The summed E-state index contributed by atoms with van der Waals surface area (Å²) in [7, 11) is -3.18.